The van der Waals surface area contributed by atoms with E-state index in [1.165, 1.54) is 0 Å². The van der Waals surface area contributed by atoms with Gasteiger partial charge in [-0.15, -0.1) is 0 Å². The van der Waals surface area contributed by atoms with Crippen LogP contribution < -0.4 is 5.32 Å². The fourth-order valence-corrected chi connectivity index (χ4v) is 2.19. The lowest BCUT2D eigenvalue weighted by Gasteiger charge is -2.25. The van der Waals surface area contributed by atoms with E-state index in [1.807, 2.05) is 18.2 Å². The van der Waals surface area contributed by atoms with Crippen LogP contribution in [0.4, 0.5) is 0 Å². The number of benzene rings is 1. The molecule has 1 heterocycles. The van der Waals surface area contributed by atoms with Gasteiger partial charge < -0.3 is 10.4 Å². The van der Waals surface area contributed by atoms with Gasteiger partial charge in [-0.05, 0) is 23.6 Å². The zero-order valence-electron chi connectivity index (χ0n) is 8.16. The predicted octanol–water partition coefficient (Wildman–Crippen LogP) is 1.83. The first-order valence-corrected chi connectivity index (χ1v) is 5.26. The quantitative estimate of drug-likeness (QED) is 0.808. The molecule has 0 saturated heterocycles. The Morgan fingerprint density at radius 1 is 1.60 bits per heavy atom. The molecule has 1 unspecified atom stereocenters. The first kappa shape index (κ1) is 10.5. The van der Waals surface area contributed by atoms with E-state index in [4.69, 9.17) is 16.7 Å². The number of fused-ring (bicyclic) bond motifs is 1. The Labute approximate surface area is 93.1 Å². The van der Waals surface area contributed by atoms with Crippen LogP contribution in [0.25, 0.3) is 0 Å². The van der Waals surface area contributed by atoms with Crippen LogP contribution in [0.3, 0.4) is 0 Å². The van der Waals surface area contributed by atoms with E-state index in [0.29, 0.717) is 6.54 Å². The van der Waals surface area contributed by atoms with E-state index in [9.17, 15) is 4.79 Å². The van der Waals surface area contributed by atoms with Crippen LogP contribution >= 0.6 is 11.6 Å². The summed E-state index contributed by atoms with van der Waals surface area (Å²) in [7, 11) is 0. The molecule has 0 aliphatic carbocycles. The lowest BCUT2D eigenvalue weighted by atomic mass is 9.94. The normalized spacial score (nSPS) is 19.7. The Hall–Kier alpha value is -1.06. The molecule has 2 rings (SSSR count). The largest absolute Gasteiger partial charge is 0.481 e. The fourth-order valence-electron chi connectivity index (χ4n) is 1.93. The molecule has 15 heavy (non-hydrogen) atoms. The second-order valence-corrected chi connectivity index (χ2v) is 4.16. The number of aliphatic carboxylic acids is 1. The predicted molar refractivity (Wildman–Crippen MR) is 58.0 cm³/mol. The molecule has 0 radical (unpaired) electrons. The monoisotopic (exact) mass is 225 g/mol. The average Bonchev–Trinajstić information content (AvgIpc) is 2.17. The molecule has 1 atom stereocenters. The first-order valence-electron chi connectivity index (χ1n) is 4.88. The lowest BCUT2D eigenvalue weighted by Crippen LogP contribution is -2.37. The minimum absolute atomic E-state index is 0.0217. The summed E-state index contributed by atoms with van der Waals surface area (Å²) in [4.78, 5) is 10.6. The van der Waals surface area contributed by atoms with E-state index < -0.39 is 5.97 Å². The van der Waals surface area contributed by atoms with Crippen LogP contribution in [0, 0.1) is 0 Å². The summed E-state index contributed by atoms with van der Waals surface area (Å²) in [6, 6.07) is 5.80. The Kier molecular flexibility index (Phi) is 2.93. The maximum absolute atomic E-state index is 10.6. The van der Waals surface area contributed by atoms with Crippen molar-refractivity contribution in [1.29, 1.82) is 0 Å². The standard InChI is InChI=1S/C11H12ClNO2/c12-10-3-1-2-7-4-8(5-11(14)15)13-6-9(7)10/h1-3,8,13H,4-6H2,(H,14,15). The van der Waals surface area contributed by atoms with E-state index in [2.05, 4.69) is 5.32 Å². The van der Waals surface area contributed by atoms with Gasteiger partial charge in [-0.2, -0.15) is 0 Å². The highest BCUT2D eigenvalue weighted by molar-refractivity contribution is 6.31. The number of carboxylic acids is 1. The molecule has 0 aromatic heterocycles. The van der Waals surface area contributed by atoms with Crippen LogP contribution in [-0.4, -0.2) is 17.1 Å². The van der Waals surface area contributed by atoms with Gasteiger partial charge in [0.25, 0.3) is 0 Å². The van der Waals surface area contributed by atoms with Gasteiger partial charge in [0, 0.05) is 17.6 Å². The molecule has 1 aliphatic rings. The first-order chi connectivity index (χ1) is 7.16. The number of halogens is 1. The summed E-state index contributed by atoms with van der Waals surface area (Å²) >= 11 is 6.04. The molecule has 80 valence electrons. The third kappa shape index (κ3) is 2.30. The molecule has 1 aromatic carbocycles. The summed E-state index contributed by atoms with van der Waals surface area (Å²) in [6.45, 7) is 0.660. The highest BCUT2D eigenvalue weighted by atomic mass is 35.5. The molecule has 3 nitrogen and oxygen atoms in total. The van der Waals surface area contributed by atoms with E-state index in [0.717, 1.165) is 22.6 Å². The number of hydrogen-bond acceptors (Lipinski definition) is 2. The third-order valence-electron chi connectivity index (χ3n) is 2.67. The van der Waals surface area contributed by atoms with Crippen LogP contribution in [0.2, 0.25) is 5.02 Å². The molecule has 4 heteroatoms. The Bertz CT molecular complexity index is 392. The Morgan fingerprint density at radius 3 is 3.13 bits per heavy atom. The van der Waals surface area contributed by atoms with E-state index in [1.54, 1.807) is 0 Å². The highest BCUT2D eigenvalue weighted by Gasteiger charge is 2.21. The van der Waals surface area contributed by atoms with Gasteiger partial charge in [0.1, 0.15) is 0 Å². The van der Waals surface area contributed by atoms with Gasteiger partial charge in [-0.3, -0.25) is 4.79 Å². The van der Waals surface area contributed by atoms with Crippen molar-refractivity contribution in [3.8, 4) is 0 Å². The highest BCUT2D eigenvalue weighted by Crippen LogP contribution is 2.24. The summed E-state index contributed by atoms with van der Waals surface area (Å²) in [6.07, 6.45) is 0.897. The SMILES string of the molecule is O=C(O)CC1Cc2cccc(Cl)c2CN1. The van der Waals surface area contributed by atoms with Crippen molar-refractivity contribution < 1.29 is 9.90 Å². The van der Waals surface area contributed by atoms with Crippen molar-refractivity contribution in [2.24, 2.45) is 0 Å². The number of rotatable bonds is 2. The molecule has 2 N–H and O–H groups in total. The maximum Gasteiger partial charge on any atom is 0.304 e. The van der Waals surface area contributed by atoms with Gasteiger partial charge in [-0.1, -0.05) is 23.7 Å². The van der Waals surface area contributed by atoms with E-state index >= 15 is 0 Å². The molecule has 0 amide bonds. The van der Waals surface area contributed by atoms with Crippen LogP contribution in [0.1, 0.15) is 17.5 Å². The Morgan fingerprint density at radius 2 is 2.40 bits per heavy atom. The van der Waals surface area contributed by atoms with Crippen molar-refractivity contribution >= 4 is 17.6 Å². The molecule has 0 fully saturated rings. The zero-order valence-corrected chi connectivity index (χ0v) is 8.92. The van der Waals surface area contributed by atoms with Crippen molar-refractivity contribution in [2.75, 3.05) is 0 Å². The van der Waals surface area contributed by atoms with Crippen molar-refractivity contribution in [2.45, 2.75) is 25.4 Å². The maximum atomic E-state index is 10.6. The van der Waals surface area contributed by atoms with Gasteiger partial charge in [0.2, 0.25) is 0 Å². The Balaban J connectivity index is 2.17. The van der Waals surface area contributed by atoms with Gasteiger partial charge in [0.05, 0.1) is 6.42 Å². The fraction of sp³-hybridized carbons (Fsp3) is 0.364. The molecule has 1 aliphatic heterocycles. The second kappa shape index (κ2) is 4.21. The molecule has 0 bridgehead atoms. The summed E-state index contributed by atoms with van der Waals surface area (Å²) < 4.78 is 0. The van der Waals surface area contributed by atoms with Gasteiger partial charge in [-0.25, -0.2) is 0 Å². The molecule has 0 saturated carbocycles. The summed E-state index contributed by atoms with van der Waals surface area (Å²) in [5.74, 6) is -0.766. The minimum atomic E-state index is -0.766. The minimum Gasteiger partial charge on any atom is -0.481 e. The van der Waals surface area contributed by atoms with E-state index in [-0.39, 0.29) is 12.5 Å². The summed E-state index contributed by atoms with van der Waals surface area (Å²) in [5.41, 5.74) is 2.26. The number of carbonyl (C=O) groups is 1. The zero-order chi connectivity index (χ0) is 10.8. The van der Waals surface area contributed by atoms with Crippen molar-refractivity contribution in [3.05, 3.63) is 34.3 Å². The van der Waals surface area contributed by atoms with Crippen LogP contribution in [-0.2, 0) is 17.8 Å². The van der Waals surface area contributed by atoms with Gasteiger partial charge in [0.15, 0.2) is 0 Å². The van der Waals surface area contributed by atoms with Crippen molar-refractivity contribution in [3.63, 3.8) is 0 Å². The molecular formula is C11H12ClNO2. The van der Waals surface area contributed by atoms with Crippen molar-refractivity contribution in [1.82, 2.24) is 5.32 Å². The van der Waals surface area contributed by atoms with Gasteiger partial charge >= 0.3 is 5.97 Å². The average molecular weight is 226 g/mol. The smallest absolute Gasteiger partial charge is 0.304 e. The lowest BCUT2D eigenvalue weighted by molar-refractivity contribution is -0.137. The molecular weight excluding hydrogens is 214 g/mol. The topological polar surface area (TPSA) is 49.3 Å². The summed E-state index contributed by atoms with van der Waals surface area (Å²) in [5, 5.41) is 12.6. The second-order valence-electron chi connectivity index (χ2n) is 3.76. The van der Waals surface area contributed by atoms with Crippen LogP contribution in [0.5, 0.6) is 0 Å². The third-order valence-corrected chi connectivity index (χ3v) is 3.02. The number of nitrogens with one attached hydrogen (secondary N) is 1. The van der Waals surface area contributed by atoms with Crippen LogP contribution in [0.15, 0.2) is 18.2 Å². The number of hydrogen-bond donors (Lipinski definition) is 2. The molecule has 0 spiro atoms. The molecule has 1 aromatic rings. The number of carboxylic acid groups (broad SMARTS) is 1.